The molecule has 0 N–H and O–H groups in total. The molecule has 0 heterocycles. The SMILES string of the molecule is CCCCCCCCCCCC[P](C)(C)C. The van der Waals surface area contributed by atoms with Gasteiger partial charge in [0.05, 0.1) is 0 Å². The molecule has 0 bridgehead atoms. The standard InChI is InChI=1S/C15H34P/c1-5-6-7-8-9-10-11-12-13-14-15-16(2,3)4/h5-15H2,1-4H3. The van der Waals surface area contributed by atoms with Crippen LogP contribution < -0.4 is 0 Å². The molecule has 0 aliphatic rings. The van der Waals surface area contributed by atoms with Crippen LogP contribution in [-0.2, 0) is 0 Å². The van der Waals surface area contributed by atoms with Crippen LogP contribution >= 0.6 is 7.26 Å². The van der Waals surface area contributed by atoms with E-state index in [0.717, 1.165) is 0 Å². The topological polar surface area (TPSA) is 0 Å². The van der Waals surface area contributed by atoms with Crippen molar-refractivity contribution in [3.05, 3.63) is 0 Å². The highest BCUT2D eigenvalue weighted by Crippen LogP contribution is 2.47. The van der Waals surface area contributed by atoms with E-state index < -0.39 is 7.26 Å². The monoisotopic (exact) mass is 245 g/mol. The van der Waals surface area contributed by atoms with Gasteiger partial charge in [0.2, 0.25) is 0 Å². The van der Waals surface area contributed by atoms with Gasteiger partial charge in [-0.3, -0.25) is 0 Å². The minimum atomic E-state index is -0.490. The third-order valence-electron chi connectivity index (χ3n) is 3.18. The molecule has 0 aliphatic heterocycles. The van der Waals surface area contributed by atoms with Gasteiger partial charge in [-0.1, -0.05) is 64.7 Å². The number of hydrogen-bond donors (Lipinski definition) is 0. The molecule has 0 rings (SSSR count). The van der Waals surface area contributed by atoms with E-state index >= 15 is 0 Å². The van der Waals surface area contributed by atoms with Crippen LogP contribution in [0.1, 0.15) is 71.1 Å². The van der Waals surface area contributed by atoms with Gasteiger partial charge >= 0.3 is 0 Å². The van der Waals surface area contributed by atoms with Crippen LogP contribution in [0.5, 0.6) is 0 Å². The Morgan fingerprint density at radius 1 is 0.562 bits per heavy atom. The second-order valence-electron chi connectivity index (χ2n) is 6.20. The van der Waals surface area contributed by atoms with Crippen molar-refractivity contribution < 1.29 is 0 Å². The van der Waals surface area contributed by atoms with Gasteiger partial charge in [0.15, 0.2) is 0 Å². The quantitative estimate of drug-likeness (QED) is 0.318. The maximum Gasteiger partial charge on any atom is -0.0366 e. The second kappa shape index (κ2) is 10.6. The Bertz CT molecular complexity index is 135. The molecule has 0 aromatic heterocycles. The molecule has 0 amide bonds. The molecule has 16 heavy (non-hydrogen) atoms. The van der Waals surface area contributed by atoms with Gasteiger partial charge in [-0.05, 0) is 32.6 Å². The lowest BCUT2D eigenvalue weighted by Crippen LogP contribution is -1.92. The van der Waals surface area contributed by atoms with Gasteiger partial charge in [0.25, 0.3) is 0 Å². The van der Waals surface area contributed by atoms with Gasteiger partial charge < -0.3 is 0 Å². The van der Waals surface area contributed by atoms with Crippen LogP contribution in [0, 0.1) is 0 Å². The zero-order valence-corrected chi connectivity index (χ0v) is 13.1. The van der Waals surface area contributed by atoms with Gasteiger partial charge in [-0.25, -0.2) is 0 Å². The zero-order chi connectivity index (χ0) is 12.3. The summed E-state index contributed by atoms with van der Waals surface area (Å²) in [5.41, 5.74) is 0. The van der Waals surface area contributed by atoms with Crippen molar-refractivity contribution in [2.45, 2.75) is 71.1 Å². The first-order chi connectivity index (χ1) is 7.56. The van der Waals surface area contributed by atoms with Crippen LogP contribution in [-0.4, -0.2) is 26.2 Å². The lowest BCUT2D eigenvalue weighted by molar-refractivity contribution is 0.562. The van der Waals surface area contributed by atoms with Crippen molar-refractivity contribution in [1.82, 2.24) is 0 Å². The minimum Gasteiger partial charge on any atom is -0.134 e. The third-order valence-corrected chi connectivity index (χ3v) is 4.84. The Kier molecular flexibility index (Phi) is 10.9. The Labute approximate surface area is 105 Å². The molecular formula is C15H34P. The summed E-state index contributed by atoms with van der Waals surface area (Å²) in [6.45, 7) is 9.67. The van der Waals surface area contributed by atoms with Crippen LogP contribution in [0.2, 0.25) is 0 Å². The van der Waals surface area contributed by atoms with Gasteiger partial charge in [0, 0.05) is 0 Å². The molecule has 0 saturated carbocycles. The van der Waals surface area contributed by atoms with Crippen molar-refractivity contribution in [2.75, 3.05) is 26.2 Å². The van der Waals surface area contributed by atoms with E-state index in [1.807, 2.05) is 0 Å². The maximum atomic E-state index is 2.46. The van der Waals surface area contributed by atoms with Crippen LogP contribution in [0.15, 0.2) is 0 Å². The minimum absolute atomic E-state index is 0.490. The largest absolute Gasteiger partial charge is 0.134 e. The second-order valence-corrected chi connectivity index (χ2v) is 11.2. The van der Waals surface area contributed by atoms with Crippen molar-refractivity contribution in [1.29, 1.82) is 0 Å². The summed E-state index contributed by atoms with van der Waals surface area (Å²) in [4.78, 5) is 0. The van der Waals surface area contributed by atoms with E-state index in [2.05, 4.69) is 26.9 Å². The highest BCUT2D eigenvalue weighted by Gasteiger charge is 2.05. The smallest absolute Gasteiger partial charge is 0.0366 e. The van der Waals surface area contributed by atoms with Crippen molar-refractivity contribution >= 4 is 7.26 Å². The van der Waals surface area contributed by atoms with E-state index in [1.54, 1.807) is 0 Å². The lowest BCUT2D eigenvalue weighted by atomic mass is 10.1. The molecule has 0 atom stereocenters. The predicted octanol–water partition coefficient (Wildman–Crippen LogP) is 5.81. The fourth-order valence-electron chi connectivity index (χ4n) is 2.07. The third kappa shape index (κ3) is 14.4. The molecule has 0 nitrogen and oxygen atoms in total. The van der Waals surface area contributed by atoms with Crippen molar-refractivity contribution in [2.24, 2.45) is 0 Å². The molecule has 1 radical (unpaired) electrons. The molecule has 0 aromatic carbocycles. The zero-order valence-electron chi connectivity index (χ0n) is 12.2. The first kappa shape index (κ1) is 16.4. The fraction of sp³-hybridized carbons (Fsp3) is 1.00. The van der Waals surface area contributed by atoms with E-state index in [1.165, 1.54) is 70.4 Å². The lowest BCUT2D eigenvalue weighted by Gasteiger charge is -2.20. The number of rotatable bonds is 11. The first-order valence-electron chi connectivity index (χ1n) is 7.36. The molecule has 0 aliphatic carbocycles. The fourth-order valence-corrected chi connectivity index (χ4v) is 3.25. The Morgan fingerprint density at radius 2 is 0.938 bits per heavy atom. The summed E-state index contributed by atoms with van der Waals surface area (Å²) >= 11 is 0. The normalized spacial score (nSPS) is 12.0. The van der Waals surface area contributed by atoms with Crippen molar-refractivity contribution in [3.63, 3.8) is 0 Å². The summed E-state index contributed by atoms with van der Waals surface area (Å²) in [6.07, 6.45) is 16.1. The molecule has 0 unspecified atom stereocenters. The molecule has 0 fully saturated rings. The summed E-state index contributed by atoms with van der Waals surface area (Å²) < 4.78 is 0. The molecule has 0 aromatic rings. The Morgan fingerprint density at radius 3 is 1.31 bits per heavy atom. The maximum absolute atomic E-state index is 2.46. The molecule has 0 spiro atoms. The van der Waals surface area contributed by atoms with E-state index in [9.17, 15) is 0 Å². The summed E-state index contributed by atoms with van der Waals surface area (Å²) in [5.74, 6) is 0. The van der Waals surface area contributed by atoms with Crippen LogP contribution in [0.4, 0.5) is 0 Å². The summed E-state index contributed by atoms with van der Waals surface area (Å²) in [6, 6.07) is 0. The molecular weight excluding hydrogens is 211 g/mol. The van der Waals surface area contributed by atoms with Crippen LogP contribution in [0.25, 0.3) is 0 Å². The van der Waals surface area contributed by atoms with Crippen LogP contribution in [0.3, 0.4) is 0 Å². The van der Waals surface area contributed by atoms with Gasteiger partial charge in [-0.2, -0.15) is 0 Å². The Hall–Kier alpha value is 0.430. The Balaban J connectivity index is 2.99. The molecule has 99 valence electrons. The average Bonchev–Trinajstić information content (AvgIpc) is 2.19. The van der Waals surface area contributed by atoms with E-state index in [0.29, 0.717) is 0 Å². The molecule has 1 heteroatoms. The summed E-state index contributed by atoms with van der Waals surface area (Å²) in [7, 11) is -0.490. The van der Waals surface area contributed by atoms with E-state index in [4.69, 9.17) is 0 Å². The highest BCUT2D eigenvalue weighted by molar-refractivity contribution is 7.73. The van der Waals surface area contributed by atoms with E-state index in [-0.39, 0.29) is 0 Å². The molecule has 0 saturated heterocycles. The first-order valence-corrected chi connectivity index (χ1v) is 10.7. The van der Waals surface area contributed by atoms with Gasteiger partial charge in [-0.15, -0.1) is 7.26 Å². The number of unbranched alkanes of at least 4 members (excludes halogenated alkanes) is 9. The van der Waals surface area contributed by atoms with Gasteiger partial charge in [0.1, 0.15) is 0 Å². The van der Waals surface area contributed by atoms with Crippen molar-refractivity contribution in [3.8, 4) is 0 Å². The number of hydrogen-bond acceptors (Lipinski definition) is 0. The average molecular weight is 245 g/mol. The summed E-state index contributed by atoms with van der Waals surface area (Å²) in [5, 5.41) is 0. The highest BCUT2D eigenvalue weighted by atomic mass is 31.2. The predicted molar refractivity (Wildman–Crippen MR) is 81.4 cm³/mol.